The average Bonchev–Trinajstić information content (AvgIpc) is 2.63. The van der Waals surface area contributed by atoms with Crippen LogP contribution in [0.3, 0.4) is 0 Å². The summed E-state index contributed by atoms with van der Waals surface area (Å²) in [7, 11) is 0. The molecule has 0 atom stereocenters. The minimum atomic E-state index is -0.840. The van der Waals surface area contributed by atoms with Gasteiger partial charge < -0.3 is 9.84 Å². The first-order valence-electron chi connectivity index (χ1n) is 7.89. The number of aromatic nitrogens is 1. The summed E-state index contributed by atoms with van der Waals surface area (Å²) in [5.74, 6) is -1.46. The number of nitrogens with one attached hydrogen (secondary N) is 1. The van der Waals surface area contributed by atoms with Crippen LogP contribution >= 0.6 is 15.9 Å². The van der Waals surface area contributed by atoms with Crippen LogP contribution in [0.4, 0.5) is 10.5 Å². The minimum absolute atomic E-state index is 0.0844. The number of imide groups is 2. The Bertz CT molecular complexity index is 959. The molecule has 0 saturated carbocycles. The van der Waals surface area contributed by atoms with Gasteiger partial charge in [0, 0.05) is 16.9 Å². The lowest BCUT2D eigenvalue weighted by atomic mass is 10.1. The lowest BCUT2D eigenvalue weighted by molar-refractivity contribution is -0.122. The lowest BCUT2D eigenvalue weighted by Crippen LogP contribution is -2.54. The van der Waals surface area contributed by atoms with E-state index in [1.54, 1.807) is 6.92 Å². The standard InChI is InChI=1S/C18H14BrN3O5/c1-2-27-15-8-10(13(19)9-14(15)23)7-12-16(24)21-18(26)22(17(12)25)11-3-5-20-6-4-11/h3-9,23H,2H2,1H3,(H,21,24,26)/b12-7+. The number of pyridine rings is 1. The molecule has 0 bridgehead atoms. The van der Waals surface area contributed by atoms with E-state index in [2.05, 4.69) is 26.2 Å². The van der Waals surface area contributed by atoms with E-state index >= 15 is 0 Å². The maximum Gasteiger partial charge on any atom is 0.335 e. The second-order valence-electron chi connectivity index (χ2n) is 5.44. The van der Waals surface area contributed by atoms with Crippen LogP contribution < -0.4 is 15.0 Å². The highest BCUT2D eigenvalue weighted by Crippen LogP contribution is 2.34. The summed E-state index contributed by atoms with van der Waals surface area (Å²) in [6.07, 6.45) is 4.19. The molecule has 3 rings (SSSR count). The van der Waals surface area contributed by atoms with E-state index in [0.717, 1.165) is 4.90 Å². The van der Waals surface area contributed by atoms with Crippen molar-refractivity contribution in [2.24, 2.45) is 0 Å². The molecule has 4 amide bonds. The van der Waals surface area contributed by atoms with Crippen molar-refractivity contribution >= 4 is 45.5 Å². The Morgan fingerprint density at radius 3 is 2.63 bits per heavy atom. The van der Waals surface area contributed by atoms with Gasteiger partial charge >= 0.3 is 6.03 Å². The zero-order valence-corrected chi connectivity index (χ0v) is 15.7. The number of nitrogens with zero attached hydrogens (tertiary/aromatic N) is 2. The van der Waals surface area contributed by atoms with Gasteiger partial charge in [-0.05, 0) is 42.8 Å². The number of amides is 4. The third-order valence-corrected chi connectivity index (χ3v) is 4.39. The highest BCUT2D eigenvalue weighted by atomic mass is 79.9. The van der Waals surface area contributed by atoms with E-state index < -0.39 is 17.8 Å². The summed E-state index contributed by atoms with van der Waals surface area (Å²) in [4.78, 5) is 41.9. The van der Waals surface area contributed by atoms with Gasteiger partial charge in [0.2, 0.25) is 0 Å². The summed E-state index contributed by atoms with van der Waals surface area (Å²) < 4.78 is 5.77. The minimum Gasteiger partial charge on any atom is -0.504 e. The number of barbiturate groups is 1. The summed E-state index contributed by atoms with van der Waals surface area (Å²) in [5, 5.41) is 12.0. The Hall–Kier alpha value is -3.20. The fourth-order valence-electron chi connectivity index (χ4n) is 2.48. The zero-order valence-electron chi connectivity index (χ0n) is 14.1. The van der Waals surface area contributed by atoms with Crippen LogP contribution in [0.15, 0.2) is 46.7 Å². The zero-order chi connectivity index (χ0) is 19.6. The van der Waals surface area contributed by atoms with Crippen molar-refractivity contribution in [3.63, 3.8) is 0 Å². The second-order valence-corrected chi connectivity index (χ2v) is 6.29. The molecule has 1 fully saturated rings. The number of hydrogen-bond donors (Lipinski definition) is 2. The molecule has 2 heterocycles. The number of rotatable bonds is 4. The van der Waals surface area contributed by atoms with Gasteiger partial charge in [0.15, 0.2) is 11.5 Å². The van der Waals surface area contributed by atoms with Gasteiger partial charge in [-0.15, -0.1) is 0 Å². The molecule has 1 saturated heterocycles. The van der Waals surface area contributed by atoms with E-state index in [4.69, 9.17) is 4.74 Å². The van der Waals surface area contributed by atoms with Crippen LogP contribution in [0.25, 0.3) is 6.08 Å². The Balaban J connectivity index is 2.05. The number of ether oxygens (including phenoxy) is 1. The number of urea groups is 1. The maximum atomic E-state index is 12.8. The second kappa shape index (κ2) is 7.58. The predicted octanol–water partition coefficient (Wildman–Crippen LogP) is 2.61. The number of aromatic hydroxyl groups is 1. The molecule has 0 unspecified atom stereocenters. The summed E-state index contributed by atoms with van der Waals surface area (Å²) in [6, 6.07) is 5.01. The van der Waals surface area contributed by atoms with Crippen LogP contribution in [0.2, 0.25) is 0 Å². The molecule has 1 aromatic heterocycles. The van der Waals surface area contributed by atoms with Gasteiger partial charge in [0.25, 0.3) is 11.8 Å². The third-order valence-electron chi connectivity index (χ3n) is 3.70. The van der Waals surface area contributed by atoms with Crippen LogP contribution in [0, 0.1) is 0 Å². The van der Waals surface area contributed by atoms with Crippen molar-refractivity contribution in [2.45, 2.75) is 6.92 Å². The maximum absolute atomic E-state index is 12.8. The first-order valence-corrected chi connectivity index (χ1v) is 8.68. The topological polar surface area (TPSA) is 109 Å². The molecule has 0 radical (unpaired) electrons. The highest BCUT2D eigenvalue weighted by molar-refractivity contribution is 9.10. The van der Waals surface area contributed by atoms with Crippen molar-refractivity contribution in [2.75, 3.05) is 11.5 Å². The first-order chi connectivity index (χ1) is 12.9. The average molecular weight is 432 g/mol. The van der Waals surface area contributed by atoms with Crippen molar-refractivity contribution in [3.05, 3.63) is 52.3 Å². The van der Waals surface area contributed by atoms with Gasteiger partial charge in [-0.2, -0.15) is 0 Å². The summed E-state index contributed by atoms with van der Waals surface area (Å²) in [6.45, 7) is 2.09. The Labute approximate surface area is 162 Å². The fraction of sp³-hybridized carbons (Fsp3) is 0.111. The number of halogens is 1. The van der Waals surface area contributed by atoms with Crippen molar-refractivity contribution in [1.82, 2.24) is 10.3 Å². The van der Waals surface area contributed by atoms with Crippen molar-refractivity contribution < 1.29 is 24.2 Å². The smallest absolute Gasteiger partial charge is 0.335 e. The molecule has 0 aliphatic carbocycles. The molecule has 1 aromatic carbocycles. The number of carbonyl (C=O) groups is 3. The monoisotopic (exact) mass is 431 g/mol. The van der Waals surface area contributed by atoms with Gasteiger partial charge in [0.05, 0.1) is 12.3 Å². The number of carbonyl (C=O) groups excluding carboxylic acids is 3. The predicted molar refractivity (Wildman–Crippen MR) is 100 cm³/mol. The molecule has 138 valence electrons. The van der Waals surface area contributed by atoms with E-state index in [1.165, 1.54) is 42.7 Å². The van der Waals surface area contributed by atoms with E-state index in [1.807, 2.05) is 0 Å². The number of hydrogen-bond acceptors (Lipinski definition) is 6. The molecule has 9 heteroatoms. The fourth-order valence-corrected chi connectivity index (χ4v) is 2.93. The van der Waals surface area contributed by atoms with Crippen LogP contribution in [-0.4, -0.2) is 34.5 Å². The number of anilines is 1. The normalized spacial score (nSPS) is 15.9. The van der Waals surface area contributed by atoms with E-state index in [-0.39, 0.29) is 22.8 Å². The molecule has 1 aliphatic heterocycles. The molecule has 2 aromatic rings. The van der Waals surface area contributed by atoms with E-state index in [0.29, 0.717) is 16.6 Å². The van der Waals surface area contributed by atoms with Gasteiger partial charge in [-0.3, -0.25) is 19.9 Å². The van der Waals surface area contributed by atoms with Gasteiger partial charge in [-0.25, -0.2) is 9.69 Å². The Morgan fingerprint density at radius 1 is 1.26 bits per heavy atom. The number of phenolic OH excluding ortho intramolecular Hbond substituents is 1. The largest absolute Gasteiger partial charge is 0.504 e. The highest BCUT2D eigenvalue weighted by Gasteiger charge is 2.36. The molecular weight excluding hydrogens is 418 g/mol. The molecule has 0 spiro atoms. The van der Waals surface area contributed by atoms with Crippen molar-refractivity contribution in [1.29, 1.82) is 0 Å². The number of benzene rings is 1. The van der Waals surface area contributed by atoms with Gasteiger partial charge in [0.1, 0.15) is 5.57 Å². The van der Waals surface area contributed by atoms with E-state index in [9.17, 15) is 19.5 Å². The first kappa shape index (κ1) is 18.6. The van der Waals surface area contributed by atoms with Crippen molar-refractivity contribution in [3.8, 4) is 11.5 Å². The van der Waals surface area contributed by atoms with Crippen LogP contribution in [-0.2, 0) is 9.59 Å². The summed E-state index contributed by atoms with van der Waals surface area (Å²) >= 11 is 3.28. The lowest BCUT2D eigenvalue weighted by Gasteiger charge is -2.26. The SMILES string of the molecule is CCOc1cc(/C=C2\C(=O)NC(=O)N(c3ccncc3)C2=O)c(Br)cc1O. The third kappa shape index (κ3) is 3.68. The van der Waals surface area contributed by atoms with Crippen LogP contribution in [0.5, 0.6) is 11.5 Å². The Morgan fingerprint density at radius 2 is 1.96 bits per heavy atom. The Kier molecular flexibility index (Phi) is 5.22. The number of phenols is 1. The van der Waals surface area contributed by atoms with Gasteiger partial charge in [-0.1, -0.05) is 15.9 Å². The summed E-state index contributed by atoms with van der Waals surface area (Å²) in [5.41, 5.74) is 0.477. The quantitative estimate of drug-likeness (QED) is 0.568. The molecule has 1 aliphatic rings. The van der Waals surface area contributed by atoms with Crippen LogP contribution in [0.1, 0.15) is 12.5 Å². The molecule has 8 nitrogen and oxygen atoms in total. The molecule has 2 N–H and O–H groups in total. The molecule has 27 heavy (non-hydrogen) atoms. The molecular formula is C18H14BrN3O5.